The Bertz CT molecular complexity index is 905. The van der Waals surface area contributed by atoms with E-state index in [-0.39, 0.29) is 11.9 Å². The summed E-state index contributed by atoms with van der Waals surface area (Å²) in [5.41, 5.74) is 2.41. The third-order valence-electron chi connectivity index (χ3n) is 4.10. The largest absolute Gasteiger partial charge is 0.496 e. The van der Waals surface area contributed by atoms with E-state index in [1.54, 1.807) is 20.1 Å². The molecule has 0 aliphatic rings. The third-order valence-corrected chi connectivity index (χ3v) is 4.10. The lowest BCUT2D eigenvalue weighted by molar-refractivity contribution is 0.0927. The van der Waals surface area contributed by atoms with Crippen LogP contribution in [0.3, 0.4) is 0 Å². The Morgan fingerprint density at radius 2 is 2.04 bits per heavy atom. The standard InChI is InChI=1S/C20H21N3O3/c1-4-17(20-21-13(2)23-26-20)22-19(24)15-9-7-8-14(12-15)16-10-5-6-11-18(16)25-3/h5-12,17H,4H2,1-3H3,(H,22,24)/t17-/m0/s1. The molecule has 0 radical (unpaired) electrons. The van der Waals surface area contributed by atoms with Crippen molar-refractivity contribution in [2.75, 3.05) is 7.11 Å². The van der Waals surface area contributed by atoms with Crippen molar-refractivity contribution in [1.29, 1.82) is 0 Å². The summed E-state index contributed by atoms with van der Waals surface area (Å²) in [6.45, 7) is 3.70. The predicted octanol–water partition coefficient (Wildman–Crippen LogP) is 3.93. The van der Waals surface area contributed by atoms with Gasteiger partial charge in [-0.15, -0.1) is 0 Å². The minimum Gasteiger partial charge on any atom is -0.496 e. The first kappa shape index (κ1) is 17.7. The molecule has 0 unspecified atom stereocenters. The third kappa shape index (κ3) is 3.74. The lowest BCUT2D eigenvalue weighted by atomic mass is 10.0. The van der Waals surface area contributed by atoms with Gasteiger partial charge >= 0.3 is 0 Å². The molecule has 0 bridgehead atoms. The molecule has 1 atom stereocenters. The van der Waals surface area contributed by atoms with Crippen molar-refractivity contribution in [3.63, 3.8) is 0 Å². The van der Waals surface area contributed by atoms with Gasteiger partial charge < -0.3 is 14.6 Å². The fourth-order valence-electron chi connectivity index (χ4n) is 2.75. The maximum absolute atomic E-state index is 12.7. The Hall–Kier alpha value is -3.15. The molecule has 0 aliphatic carbocycles. The highest BCUT2D eigenvalue weighted by atomic mass is 16.5. The van der Waals surface area contributed by atoms with Crippen LogP contribution in [0, 0.1) is 6.92 Å². The molecule has 0 aliphatic heterocycles. The SMILES string of the molecule is CC[C@H](NC(=O)c1cccc(-c2ccccc2OC)c1)c1nc(C)no1. The molecule has 1 N–H and O–H groups in total. The fraction of sp³-hybridized carbons (Fsp3) is 0.250. The highest BCUT2D eigenvalue weighted by Crippen LogP contribution is 2.30. The Labute approximate surface area is 152 Å². The number of para-hydroxylation sites is 1. The number of methoxy groups -OCH3 is 1. The maximum Gasteiger partial charge on any atom is 0.251 e. The number of nitrogens with zero attached hydrogens (tertiary/aromatic N) is 2. The Balaban J connectivity index is 1.84. The van der Waals surface area contributed by atoms with Gasteiger partial charge in [-0.2, -0.15) is 4.98 Å². The average Bonchev–Trinajstić information content (AvgIpc) is 3.12. The molecule has 2 aromatic carbocycles. The second-order valence-corrected chi connectivity index (χ2v) is 5.90. The van der Waals surface area contributed by atoms with Gasteiger partial charge in [0.1, 0.15) is 11.8 Å². The molecule has 3 rings (SSSR count). The topological polar surface area (TPSA) is 77.2 Å². The molecule has 0 spiro atoms. The summed E-state index contributed by atoms with van der Waals surface area (Å²) in [4.78, 5) is 16.9. The van der Waals surface area contributed by atoms with Crippen molar-refractivity contribution in [2.24, 2.45) is 0 Å². The van der Waals surface area contributed by atoms with E-state index in [0.717, 1.165) is 16.9 Å². The van der Waals surface area contributed by atoms with E-state index in [1.165, 1.54) is 0 Å². The lowest BCUT2D eigenvalue weighted by Gasteiger charge is -2.14. The monoisotopic (exact) mass is 351 g/mol. The molecule has 26 heavy (non-hydrogen) atoms. The van der Waals surface area contributed by atoms with Crippen LogP contribution in [-0.4, -0.2) is 23.2 Å². The van der Waals surface area contributed by atoms with Crippen molar-refractivity contribution in [1.82, 2.24) is 15.5 Å². The van der Waals surface area contributed by atoms with Crippen LogP contribution in [0.1, 0.15) is 41.5 Å². The summed E-state index contributed by atoms with van der Waals surface area (Å²) in [5, 5.41) is 6.74. The quantitative estimate of drug-likeness (QED) is 0.728. The minimum atomic E-state index is -0.321. The maximum atomic E-state index is 12.7. The van der Waals surface area contributed by atoms with Crippen LogP contribution in [0.5, 0.6) is 5.75 Å². The number of aryl methyl sites for hydroxylation is 1. The molecule has 134 valence electrons. The van der Waals surface area contributed by atoms with Gasteiger partial charge in [0, 0.05) is 11.1 Å². The zero-order chi connectivity index (χ0) is 18.5. The number of carbonyl (C=O) groups excluding carboxylic acids is 1. The van der Waals surface area contributed by atoms with E-state index >= 15 is 0 Å². The number of hydrogen-bond acceptors (Lipinski definition) is 5. The van der Waals surface area contributed by atoms with Crippen molar-refractivity contribution < 1.29 is 14.1 Å². The second kappa shape index (κ2) is 7.82. The Kier molecular flexibility index (Phi) is 5.31. The van der Waals surface area contributed by atoms with Crippen LogP contribution < -0.4 is 10.1 Å². The van der Waals surface area contributed by atoms with E-state index in [9.17, 15) is 4.79 Å². The summed E-state index contributed by atoms with van der Waals surface area (Å²) >= 11 is 0. The van der Waals surface area contributed by atoms with Crippen LogP contribution in [0.25, 0.3) is 11.1 Å². The number of ether oxygens (including phenoxy) is 1. The number of amides is 1. The van der Waals surface area contributed by atoms with Crippen LogP contribution in [0.2, 0.25) is 0 Å². The van der Waals surface area contributed by atoms with Gasteiger partial charge in [0.25, 0.3) is 5.91 Å². The number of carbonyl (C=O) groups is 1. The molecule has 3 aromatic rings. The van der Waals surface area contributed by atoms with Crippen LogP contribution in [-0.2, 0) is 0 Å². The number of hydrogen-bond donors (Lipinski definition) is 1. The van der Waals surface area contributed by atoms with Gasteiger partial charge in [0.2, 0.25) is 5.89 Å². The molecule has 0 fully saturated rings. The normalized spacial score (nSPS) is 11.8. The number of nitrogens with one attached hydrogen (secondary N) is 1. The minimum absolute atomic E-state index is 0.190. The number of aromatic nitrogens is 2. The van der Waals surface area contributed by atoms with E-state index in [2.05, 4.69) is 15.5 Å². The Morgan fingerprint density at radius 1 is 1.23 bits per heavy atom. The second-order valence-electron chi connectivity index (χ2n) is 5.90. The van der Waals surface area contributed by atoms with E-state index in [1.807, 2.05) is 49.4 Å². The van der Waals surface area contributed by atoms with Gasteiger partial charge in [0.05, 0.1) is 7.11 Å². The molecular formula is C20H21N3O3. The van der Waals surface area contributed by atoms with Crippen molar-refractivity contribution in [2.45, 2.75) is 26.3 Å². The van der Waals surface area contributed by atoms with Crippen molar-refractivity contribution in [3.05, 3.63) is 65.8 Å². The van der Waals surface area contributed by atoms with Gasteiger partial charge in [-0.3, -0.25) is 4.79 Å². The summed E-state index contributed by atoms with van der Waals surface area (Å²) < 4.78 is 10.6. The Morgan fingerprint density at radius 3 is 2.73 bits per heavy atom. The average molecular weight is 351 g/mol. The summed E-state index contributed by atoms with van der Waals surface area (Å²) in [6.07, 6.45) is 0.652. The van der Waals surface area contributed by atoms with Crippen LogP contribution in [0.15, 0.2) is 53.1 Å². The van der Waals surface area contributed by atoms with Crippen molar-refractivity contribution in [3.8, 4) is 16.9 Å². The predicted molar refractivity (Wildman–Crippen MR) is 98.0 cm³/mol. The molecule has 1 heterocycles. The van der Waals surface area contributed by atoms with Crippen LogP contribution in [0.4, 0.5) is 0 Å². The highest BCUT2D eigenvalue weighted by molar-refractivity contribution is 5.95. The van der Waals surface area contributed by atoms with E-state index in [0.29, 0.717) is 23.7 Å². The van der Waals surface area contributed by atoms with Crippen LogP contribution >= 0.6 is 0 Å². The van der Waals surface area contributed by atoms with E-state index < -0.39 is 0 Å². The van der Waals surface area contributed by atoms with Gasteiger partial charge in [0.15, 0.2) is 5.82 Å². The summed E-state index contributed by atoms with van der Waals surface area (Å²) in [5.74, 6) is 1.53. The molecule has 6 heteroatoms. The lowest BCUT2D eigenvalue weighted by Crippen LogP contribution is -2.28. The first-order valence-corrected chi connectivity index (χ1v) is 8.47. The number of benzene rings is 2. The molecule has 1 aromatic heterocycles. The molecule has 0 saturated heterocycles. The molecule has 1 amide bonds. The van der Waals surface area contributed by atoms with E-state index in [4.69, 9.17) is 9.26 Å². The molecule has 6 nitrogen and oxygen atoms in total. The highest BCUT2D eigenvalue weighted by Gasteiger charge is 2.20. The zero-order valence-corrected chi connectivity index (χ0v) is 15.0. The van der Waals surface area contributed by atoms with Crippen molar-refractivity contribution >= 4 is 5.91 Å². The first-order valence-electron chi connectivity index (χ1n) is 8.47. The first-order chi connectivity index (χ1) is 12.6. The molecular weight excluding hydrogens is 330 g/mol. The zero-order valence-electron chi connectivity index (χ0n) is 15.0. The molecule has 0 saturated carbocycles. The summed E-state index contributed by atoms with van der Waals surface area (Å²) in [7, 11) is 1.63. The van der Waals surface area contributed by atoms with Gasteiger partial charge in [-0.1, -0.05) is 42.4 Å². The number of rotatable bonds is 6. The summed E-state index contributed by atoms with van der Waals surface area (Å²) in [6, 6.07) is 14.8. The smallest absolute Gasteiger partial charge is 0.251 e. The fourth-order valence-corrected chi connectivity index (χ4v) is 2.75. The van der Waals surface area contributed by atoms with Gasteiger partial charge in [-0.05, 0) is 37.1 Å². The van der Waals surface area contributed by atoms with Gasteiger partial charge in [-0.25, -0.2) is 0 Å².